The van der Waals surface area contributed by atoms with Gasteiger partial charge in [-0.1, -0.05) is 78.7 Å². The molecule has 0 fully saturated rings. The fourth-order valence-corrected chi connectivity index (χ4v) is 5.83. The molecule has 0 heterocycles. The van der Waals surface area contributed by atoms with Gasteiger partial charge in [0.1, 0.15) is 12.6 Å². The Hall–Kier alpha value is -3.07. The number of carbonyl (C=O) groups excluding carboxylic acids is 2. The predicted octanol–water partition coefficient (Wildman–Crippen LogP) is 5.56. The maximum atomic E-state index is 13.9. The van der Waals surface area contributed by atoms with Crippen LogP contribution in [0, 0.1) is 0 Å². The second kappa shape index (κ2) is 13.8. The molecule has 10 heteroatoms. The number of amides is 2. The van der Waals surface area contributed by atoms with Crippen molar-refractivity contribution in [2.45, 2.75) is 50.6 Å². The van der Waals surface area contributed by atoms with Gasteiger partial charge in [-0.05, 0) is 62.6 Å². The standard InChI is InChI=1S/C29H33Cl2N3O4S/c1-4-21(2)32-29(36)22(3)33(18-17-23-11-7-5-8-12-23)28(35)20-34(27-19-24(30)15-16-26(27)31)39(37,38)25-13-9-6-10-14-25/h5-16,19,21-22H,4,17-18,20H2,1-3H3,(H,32,36)/t21-,22+/m1/s1. The van der Waals surface area contributed by atoms with Crippen molar-refractivity contribution < 1.29 is 18.0 Å². The summed E-state index contributed by atoms with van der Waals surface area (Å²) in [5.41, 5.74) is 1.05. The highest BCUT2D eigenvalue weighted by Gasteiger charge is 2.33. The molecule has 0 saturated carbocycles. The number of carbonyl (C=O) groups is 2. The number of rotatable bonds is 12. The van der Waals surface area contributed by atoms with Crippen molar-refractivity contribution >= 4 is 50.7 Å². The number of hydrogen-bond acceptors (Lipinski definition) is 4. The molecule has 0 aliphatic rings. The second-order valence-corrected chi connectivity index (χ2v) is 11.9. The number of nitrogens with zero attached hydrogens (tertiary/aromatic N) is 2. The van der Waals surface area contributed by atoms with Crippen LogP contribution in [0.15, 0.2) is 83.8 Å². The van der Waals surface area contributed by atoms with Crippen LogP contribution < -0.4 is 9.62 Å². The Morgan fingerprint density at radius 3 is 2.15 bits per heavy atom. The van der Waals surface area contributed by atoms with Gasteiger partial charge in [-0.15, -0.1) is 0 Å². The highest BCUT2D eigenvalue weighted by Crippen LogP contribution is 2.33. The van der Waals surface area contributed by atoms with Gasteiger partial charge >= 0.3 is 0 Å². The number of hydrogen-bond donors (Lipinski definition) is 1. The summed E-state index contributed by atoms with van der Waals surface area (Å²) in [7, 11) is -4.22. The number of benzene rings is 3. The summed E-state index contributed by atoms with van der Waals surface area (Å²) in [5, 5.41) is 3.29. The molecule has 0 radical (unpaired) electrons. The molecule has 0 aromatic heterocycles. The molecule has 0 saturated heterocycles. The normalized spacial score (nSPS) is 12.8. The van der Waals surface area contributed by atoms with E-state index in [0.29, 0.717) is 6.42 Å². The van der Waals surface area contributed by atoms with Crippen LogP contribution in [0.4, 0.5) is 5.69 Å². The van der Waals surface area contributed by atoms with Gasteiger partial charge in [0.25, 0.3) is 10.0 Å². The van der Waals surface area contributed by atoms with E-state index in [-0.39, 0.29) is 39.1 Å². The summed E-state index contributed by atoms with van der Waals surface area (Å²) in [6.45, 7) is 5.11. The van der Waals surface area contributed by atoms with Gasteiger partial charge in [-0.3, -0.25) is 13.9 Å². The van der Waals surface area contributed by atoms with Crippen molar-refractivity contribution in [2.75, 3.05) is 17.4 Å². The third-order valence-electron chi connectivity index (χ3n) is 6.44. The van der Waals surface area contributed by atoms with Gasteiger partial charge in [0.05, 0.1) is 15.6 Å². The smallest absolute Gasteiger partial charge is 0.264 e. The summed E-state index contributed by atoms with van der Waals surface area (Å²) < 4.78 is 28.5. The van der Waals surface area contributed by atoms with Crippen LogP contribution >= 0.6 is 23.2 Å². The van der Waals surface area contributed by atoms with Crippen molar-refractivity contribution in [3.05, 3.63) is 94.5 Å². The third kappa shape index (κ3) is 7.97. The molecule has 7 nitrogen and oxygen atoms in total. The van der Waals surface area contributed by atoms with Crippen molar-refractivity contribution in [1.29, 1.82) is 0 Å². The van der Waals surface area contributed by atoms with E-state index in [1.807, 2.05) is 44.2 Å². The quantitative estimate of drug-likeness (QED) is 0.299. The van der Waals surface area contributed by atoms with Crippen LogP contribution in [0.2, 0.25) is 10.0 Å². The van der Waals surface area contributed by atoms with E-state index in [0.717, 1.165) is 16.3 Å². The lowest BCUT2D eigenvalue weighted by atomic mass is 10.1. The first-order valence-corrected chi connectivity index (χ1v) is 14.9. The molecule has 3 aromatic rings. The Kier molecular flexibility index (Phi) is 10.8. The highest BCUT2D eigenvalue weighted by molar-refractivity contribution is 7.92. The zero-order valence-electron chi connectivity index (χ0n) is 22.2. The van der Waals surface area contributed by atoms with Crippen LogP contribution in [0.1, 0.15) is 32.8 Å². The molecule has 2 atom stereocenters. The predicted molar refractivity (Wildman–Crippen MR) is 157 cm³/mol. The Morgan fingerprint density at radius 1 is 0.923 bits per heavy atom. The van der Waals surface area contributed by atoms with Gasteiger partial charge in [0, 0.05) is 17.6 Å². The minimum atomic E-state index is -4.22. The average Bonchev–Trinajstić information content (AvgIpc) is 2.94. The van der Waals surface area contributed by atoms with Crippen LogP contribution in [0.3, 0.4) is 0 Å². The Morgan fingerprint density at radius 2 is 1.54 bits per heavy atom. The molecule has 1 N–H and O–H groups in total. The summed E-state index contributed by atoms with van der Waals surface area (Å²) in [6.07, 6.45) is 1.21. The van der Waals surface area contributed by atoms with Crippen LogP contribution in [-0.2, 0) is 26.0 Å². The minimum Gasteiger partial charge on any atom is -0.352 e. The monoisotopic (exact) mass is 589 g/mol. The summed E-state index contributed by atoms with van der Waals surface area (Å²) >= 11 is 12.6. The van der Waals surface area contributed by atoms with E-state index in [1.54, 1.807) is 25.1 Å². The molecule has 3 aromatic carbocycles. The first kappa shape index (κ1) is 30.5. The molecule has 0 spiro atoms. The Labute approximate surface area is 240 Å². The lowest BCUT2D eigenvalue weighted by molar-refractivity contribution is -0.139. The molecular weight excluding hydrogens is 557 g/mol. The first-order valence-electron chi connectivity index (χ1n) is 12.7. The van der Waals surface area contributed by atoms with Gasteiger partial charge < -0.3 is 10.2 Å². The van der Waals surface area contributed by atoms with Crippen molar-refractivity contribution in [1.82, 2.24) is 10.2 Å². The van der Waals surface area contributed by atoms with Gasteiger partial charge in [0.15, 0.2) is 0 Å². The van der Waals surface area contributed by atoms with E-state index in [2.05, 4.69) is 5.32 Å². The number of sulfonamides is 1. The summed E-state index contributed by atoms with van der Waals surface area (Å²) in [4.78, 5) is 28.4. The van der Waals surface area contributed by atoms with Crippen molar-refractivity contribution in [3.63, 3.8) is 0 Å². The molecule has 0 bridgehead atoms. The van der Waals surface area contributed by atoms with E-state index in [9.17, 15) is 18.0 Å². The molecule has 2 amide bonds. The number of anilines is 1. The van der Waals surface area contributed by atoms with Crippen molar-refractivity contribution in [2.24, 2.45) is 0 Å². The van der Waals surface area contributed by atoms with E-state index in [1.165, 1.54) is 35.2 Å². The molecule has 3 rings (SSSR count). The lowest BCUT2D eigenvalue weighted by Gasteiger charge is -2.32. The maximum Gasteiger partial charge on any atom is 0.264 e. The number of nitrogens with one attached hydrogen (secondary N) is 1. The van der Waals surface area contributed by atoms with Gasteiger partial charge in [-0.2, -0.15) is 0 Å². The van der Waals surface area contributed by atoms with Crippen LogP contribution in [0.5, 0.6) is 0 Å². The summed E-state index contributed by atoms with van der Waals surface area (Å²) in [6, 6.07) is 20.9. The van der Waals surface area contributed by atoms with Crippen LogP contribution in [-0.4, -0.2) is 50.3 Å². The lowest BCUT2D eigenvalue weighted by Crippen LogP contribution is -2.53. The first-order chi connectivity index (χ1) is 18.5. The fourth-order valence-electron chi connectivity index (χ4n) is 3.95. The molecule has 39 heavy (non-hydrogen) atoms. The fraction of sp³-hybridized carbons (Fsp3) is 0.310. The van der Waals surface area contributed by atoms with E-state index >= 15 is 0 Å². The Bertz CT molecular complexity index is 1370. The molecule has 208 valence electrons. The van der Waals surface area contributed by atoms with Crippen molar-refractivity contribution in [3.8, 4) is 0 Å². The molecular formula is C29H33Cl2N3O4S. The molecule has 0 aliphatic heterocycles. The largest absolute Gasteiger partial charge is 0.352 e. The van der Waals surface area contributed by atoms with E-state index in [4.69, 9.17) is 23.2 Å². The average molecular weight is 591 g/mol. The van der Waals surface area contributed by atoms with E-state index < -0.39 is 28.5 Å². The Balaban J connectivity index is 2.00. The maximum absolute atomic E-state index is 13.9. The zero-order chi connectivity index (χ0) is 28.6. The molecule has 0 aliphatic carbocycles. The third-order valence-corrected chi connectivity index (χ3v) is 8.77. The van der Waals surface area contributed by atoms with Crippen LogP contribution in [0.25, 0.3) is 0 Å². The van der Waals surface area contributed by atoms with Gasteiger partial charge in [-0.25, -0.2) is 8.42 Å². The number of halogens is 2. The SMILES string of the molecule is CC[C@@H](C)NC(=O)[C@H](C)N(CCc1ccccc1)C(=O)CN(c1cc(Cl)ccc1Cl)S(=O)(=O)c1ccccc1. The van der Waals surface area contributed by atoms with Gasteiger partial charge in [0.2, 0.25) is 11.8 Å². The highest BCUT2D eigenvalue weighted by atomic mass is 35.5. The topological polar surface area (TPSA) is 86.8 Å². The summed E-state index contributed by atoms with van der Waals surface area (Å²) in [5.74, 6) is -0.864. The molecule has 0 unspecified atom stereocenters. The zero-order valence-corrected chi connectivity index (χ0v) is 24.5. The minimum absolute atomic E-state index is 0.00719. The second-order valence-electron chi connectivity index (χ2n) is 9.24.